The largest absolute Gasteiger partial charge is 0.389 e. The fourth-order valence-electron chi connectivity index (χ4n) is 1.87. The molecule has 0 atom stereocenters. The summed E-state index contributed by atoms with van der Waals surface area (Å²) in [6, 6.07) is 5.90. The van der Waals surface area contributed by atoms with Crippen LogP contribution in [0.3, 0.4) is 0 Å². The molecule has 1 aromatic rings. The van der Waals surface area contributed by atoms with Crippen molar-refractivity contribution in [3.05, 3.63) is 29.3 Å². The third kappa shape index (κ3) is 9.54. The number of unbranched alkanes of at least 4 members (excludes halogenated alkanes) is 1. The number of hydrogen-bond donors (Lipinski definition) is 2. The highest BCUT2D eigenvalue weighted by Gasteiger charge is 2.25. The molecule has 0 amide bonds. The van der Waals surface area contributed by atoms with E-state index in [-0.39, 0.29) is 36.4 Å². The van der Waals surface area contributed by atoms with Crippen molar-refractivity contribution in [3.8, 4) is 0 Å². The van der Waals surface area contributed by atoms with Crippen LogP contribution in [0.4, 0.5) is 18.9 Å². The minimum atomic E-state index is -4.09. The van der Waals surface area contributed by atoms with E-state index in [9.17, 15) is 13.2 Å². The zero-order valence-corrected chi connectivity index (χ0v) is 14.5. The van der Waals surface area contributed by atoms with Gasteiger partial charge in [0.2, 0.25) is 0 Å². The van der Waals surface area contributed by atoms with Crippen LogP contribution in [0.1, 0.15) is 30.4 Å². The topological polar surface area (TPSA) is 50.4 Å². The maximum absolute atomic E-state index is 11.9. The SMILES string of the molecule is Cc1cc(C)cc(NC(N)=NCCCCC(F)(F)F)c1.I. The van der Waals surface area contributed by atoms with Gasteiger partial charge in [0.1, 0.15) is 0 Å². The van der Waals surface area contributed by atoms with Crippen LogP contribution in [-0.2, 0) is 0 Å². The zero-order valence-electron chi connectivity index (χ0n) is 12.1. The summed E-state index contributed by atoms with van der Waals surface area (Å²) in [5, 5.41) is 2.94. The molecule has 1 aromatic carbocycles. The molecule has 120 valence electrons. The van der Waals surface area contributed by atoms with Crippen LogP contribution in [0.15, 0.2) is 23.2 Å². The maximum atomic E-state index is 11.9. The molecular formula is C14H21F3IN3. The van der Waals surface area contributed by atoms with Crippen LogP contribution in [-0.4, -0.2) is 18.7 Å². The van der Waals surface area contributed by atoms with Crippen molar-refractivity contribution in [3.63, 3.8) is 0 Å². The molecule has 21 heavy (non-hydrogen) atoms. The molecule has 0 saturated heterocycles. The van der Waals surface area contributed by atoms with Crippen LogP contribution in [0.2, 0.25) is 0 Å². The second-order valence-corrected chi connectivity index (χ2v) is 4.84. The smallest absolute Gasteiger partial charge is 0.370 e. The number of guanidine groups is 1. The molecular weight excluding hydrogens is 394 g/mol. The predicted molar refractivity (Wildman–Crippen MR) is 91.3 cm³/mol. The third-order valence-corrected chi connectivity index (χ3v) is 2.64. The maximum Gasteiger partial charge on any atom is 0.389 e. The third-order valence-electron chi connectivity index (χ3n) is 2.64. The van der Waals surface area contributed by atoms with Gasteiger partial charge < -0.3 is 11.1 Å². The first-order valence-electron chi connectivity index (χ1n) is 6.48. The summed E-state index contributed by atoms with van der Waals surface area (Å²) in [5.74, 6) is 0.224. The van der Waals surface area contributed by atoms with Crippen LogP contribution in [0.5, 0.6) is 0 Å². The molecule has 0 bridgehead atoms. The number of aryl methyl sites for hydroxylation is 2. The second-order valence-electron chi connectivity index (χ2n) is 4.84. The average molecular weight is 415 g/mol. The van der Waals surface area contributed by atoms with Crippen LogP contribution < -0.4 is 11.1 Å². The van der Waals surface area contributed by atoms with Crippen molar-refractivity contribution in [1.82, 2.24) is 0 Å². The number of alkyl halides is 3. The van der Waals surface area contributed by atoms with Crippen molar-refractivity contribution in [2.24, 2.45) is 10.7 Å². The van der Waals surface area contributed by atoms with Crippen molar-refractivity contribution in [2.75, 3.05) is 11.9 Å². The number of nitrogens with one attached hydrogen (secondary N) is 1. The molecule has 0 aliphatic carbocycles. The lowest BCUT2D eigenvalue weighted by Gasteiger charge is -2.08. The van der Waals surface area contributed by atoms with E-state index in [1.165, 1.54) is 0 Å². The molecule has 0 saturated carbocycles. The van der Waals surface area contributed by atoms with E-state index < -0.39 is 12.6 Å². The quantitative estimate of drug-likeness (QED) is 0.325. The van der Waals surface area contributed by atoms with Crippen molar-refractivity contribution in [1.29, 1.82) is 0 Å². The summed E-state index contributed by atoms with van der Waals surface area (Å²) >= 11 is 0. The Kier molecular flexibility index (Phi) is 8.68. The van der Waals surface area contributed by atoms with E-state index in [2.05, 4.69) is 10.3 Å². The number of anilines is 1. The number of benzene rings is 1. The molecule has 0 aromatic heterocycles. The summed E-state index contributed by atoms with van der Waals surface area (Å²) in [6.07, 6.45) is -4.42. The second kappa shape index (κ2) is 9.11. The van der Waals surface area contributed by atoms with Crippen LogP contribution in [0, 0.1) is 13.8 Å². The lowest BCUT2D eigenvalue weighted by Crippen LogP contribution is -2.23. The van der Waals surface area contributed by atoms with Gasteiger partial charge in [0.05, 0.1) is 0 Å². The fraction of sp³-hybridized carbons (Fsp3) is 0.500. The summed E-state index contributed by atoms with van der Waals surface area (Å²) in [7, 11) is 0. The lowest BCUT2D eigenvalue weighted by atomic mass is 10.1. The Bertz CT molecular complexity index is 453. The molecule has 3 N–H and O–H groups in total. The van der Waals surface area contributed by atoms with Gasteiger partial charge >= 0.3 is 6.18 Å². The highest BCUT2D eigenvalue weighted by atomic mass is 127. The van der Waals surface area contributed by atoms with Gasteiger partial charge in [0, 0.05) is 18.7 Å². The fourth-order valence-corrected chi connectivity index (χ4v) is 1.87. The van der Waals surface area contributed by atoms with E-state index >= 15 is 0 Å². The van der Waals surface area contributed by atoms with Gasteiger partial charge in [-0.05, 0) is 49.9 Å². The number of aliphatic imine (C=N–C) groups is 1. The van der Waals surface area contributed by atoms with Gasteiger partial charge in [0.15, 0.2) is 5.96 Å². The van der Waals surface area contributed by atoms with Gasteiger partial charge in [-0.25, -0.2) is 0 Å². The molecule has 0 unspecified atom stereocenters. The van der Waals surface area contributed by atoms with Gasteiger partial charge in [-0.1, -0.05) is 6.07 Å². The Labute approximate surface area is 140 Å². The Morgan fingerprint density at radius 3 is 2.24 bits per heavy atom. The molecule has 0 aliphatic heterocycles. The highest BCUT2D eigenvalue weighted by molar-refractivity contribution is 14.0. The molecule has 3 nitrogen and oxygen atoms in total. The standard InChI is InChI=1S/C14H20F3N3.HI/c1-10-7-11(2)9-12(8-10)20-13(18)19-6-4-3-5-14(15,16)17;/h7-9H,3-6H2,1-2H3,(H3,18,19,20);1H. The Morgan fingerprint density at radius 1 is 1.14 bits per heavy atom. The number of halogens is 4. The highest BCUT2D eigenvalue weighted by Crippen LogP contribution is 2.22. The minimum Gasteiger partial charge on any atom is -0.370 e. The predicted octanol–water partition coefficient (Wildman–Crippen LogP) is 4.38. The van der Waals surface area contributed by atoms with Gasteiger partial charge in [0.25, 0.3) is 0 Å². The summed E-state index contributed by atoms with van der Waals surface area (Å²) in [4.78, 5) is 4.01. The zero-order chi connectivity index (χ0) is 15.2. The molecule has 7 heteroatoms. The van der Waals surface area contributed by atoms with Gasteiger partial charge in [-0.2, -0.15) is 13.2 Å². The number of hydrogen-bond acceptors (Lipinski definition) is 1. The average Bonchev–Trinajstić information content (AvgIpc) is 2.25. The minimum absolute atomic E-state index is 0. The normalized spacial score (nSPS) is 12.0. The van der Waals surface area contributed by atoms with Crippen molar-refractivity contribution < 1.29 is 13.2 Å². The Morgan fingerprint density at radius 2 is 1.71 bits per heavy atom. The van der Waals surface area contributed by atoms with E-state index in [1.807, 2.05) is 32.0 Å². The Balaban J connectivity index is 0.00000400. The van der Waals surface area contributed by atoms with Crippen LogP contribution >= 0.6 is 24.0 Å². The van der Waals surface area contributed by atoms with E-state index in [1.54, 1.807) is 0 Å². The first-order valence-corrected chi connectivity index (χ1v) is 6.48. The van der Waals surface area contributed by atoms with Crippen molar-refractivity contribution in [2.45, 2.75) is 39.3 Å². The number of rotatable bonds is 5. The lowest BCUT2D eigenvalue weighted by molar-refractivity contribution is -0.135. The molecule has 0 aliphatic rings. The molecule has 1 rings (SSSR count). The molecule has 0 radical (unpaired) electrons. The van der Waals surface area contributed by atoms with E-state index in [4.69, 9.17) is 5.73 Å². The summed E-state index contributed by atoms with van der Waals surface area (Å²) < 4.78 is 35.8. The number of nitrogens with zero attached hydrogens (tertiary/aromatic N) is 1. The summed E-state index contributed by atoms with van der Waals surface area (Å²) in [6.45, 7) is 4.24. The van der Waals surface area contributed by atoms with Crippen LogP contribution in [0.25, 0.3) is 0 Å². The molecule has 0 heterocycles. The number of nitrogens with two attached hydrogens (primary N) is 1. The first-order chi connectivity index (χ1) is 9.26. The first kappa shape index (κ1) is 20.0. The van der Waals surface area contributed by atoms with E-state index in [0.29, 0.717) is 13.0 Å². The van der Waals surface area contributed by atoms with E-state index in [0.717, 1.165) is 16.8 Å². The molecule has 0 spiro atoms. The molecule has 0 fully saturated rings. The van der Waals surface area contributed by atoms with Crippen molar-refractivity contribution >= 4 is 35.6 Å². The van der Waals surface area contributed by atoms with Gasteiger partial charge in [-0.15, -0.1) is 24.0 Å². The Hall–Kier alpha value is -0.990. The summed E-state index contributed by atoms with van der Waals surface area (Å²) in [5.41, 5.74) is 8.73. The monoisotopic (exact) mass is 415 g/mol. The van der Waals surface area contributed by atoms with Gasteiger partial charge in [-0.3, -0.25) is 4.99 Å².